The second-order valence-corrected chi connectivity index (χ2v) is 3.47. The molecule has 0 unspecified atom stereocenters. The van der Waals surface area contributed by atoms with Crippen LogP contribution in [0.2, 0.25) is 0 Å². The number of benzene rings is 1. The van der Waals surface area contributed by atoms with E-state index in [1.54, 1.807) is 0 Å². The van der Waals surface area contributed by atoms with E-state index >= 15 is 0 Å². The molecule has 0 aliphatic carbocycles. The molecule has 0 bridgehead atoms. The Balaban J connectivity index is 2.38. The number of hydrogen-bond donors (Lipinski definition) is 1. The van der Waals surface area contributed by atoms with Crippen molar-refractivity contribution in [2.75, 3.05) is 5.32 Å². The maximum absolute atomic E-state index is 4.42. The molecule has 2 nitrogen and oxygen atoms in total. The summed E-state index contributed by atoms with van der Waals surface area (Å²) in [7, 11) is 0. The summed E-state index contributed by atoms with van der Waals surface area (Å²) in [5.74, 6) is 0. The maximum Gasteiger partial charge on any atom is 0.0723 e. The van der Waals surface area contributed by atoms with E-state index in [1.807, 2.05) is 42.7 Å². The van der Waals surface area contributed by atoms with Crippen LogP contribution in [0.15, 0.2) is 48.8 Å². The second-order valence-electron chi connectivity index (χ2n) is 3.47. The summed E-state index contributed by atoms with van der Waals surface area (Å²) in [4.78, 5) is 4.42. The molecule has 2 heterocycles. The number of fused-ring (bicyclic) bond motifs is 3. The Morgan fingerprint density at radius 2 is 2.00 bits per heavy atom. The number of allylic oxidation sites excluding steroid dienone is 2. The summed E-state index contributed by atoms with van der Waals surface area (Å²) in [5, 5.41) is 4.44. The molecule has 72 valence electrons. The number of aromatic nitrogens is 1. The molecule has 1 aromatic heterocycles. The lowest BCUT2D eigenvalue weighted by Gasteiger charge is -2.08. The lowest BCUT2D eigenvalue weighted by Crippen LogP contribution is -1.92. The van der Waals surface area contributed by atoms with Crippen molar-refractivity contribution in [1.29, 1.82) is 0 Å². The van der Waals surface area contributed by atoms with Gasteiger partial charge in [-0.05, 0) is 12.1 Å². The first-order valence-corrected chi connectivity index (χ1v) is 4.93. The highest BCUT2D eigenvalue weighted by Gasteiger charge is 2.05. The molecule has 3 rings (SSSR count). The summed E-state index contributed by atoms with van der Waals surface area (Å²) in [5.41, 5.74) is 3.27. The SMILES string of the molecule is C1=CNc2c(cnc3ccccc23)C=C1. The van der Waals surface area contributed by atoms with Gasteiger partial charge < -0.3 is 5.32 Å². The van der Waals surface area contributed by atoms with Crippen LogP contribution in [-0.2, 0) is 0 Å². The van der Waals surface area contributed by atoms with Gasteiger partial charge in [0.25, 0.3) is 0 Å². The van der Waals surface area contributed by atoms with E-state index in [-0.39, 0.29) is 0 Å². The fraction of sp³-hybridized carbons (Fsp3) is 0. The molecule has 2 heteroatoms. The highest BCUT2D eigenvalue weighted by molar-refractivity contribution is 5.96. The minimum absolute atomic E-state index is 1.02. The molecule has 0 spiro atoms. The topological polar surface area (TPSA) is 24.9 Å². The van der Waals surface area contributed by atoms with E-state index in [1.165, 1.54) is 0 Å². The number of nitrogens with zero attached hydrogens (tertiary/aromatic N) is 1. The van der Waals surface area contributed by atoms with Crippen LogP contribution < -0.4 is 5.32 Å². The zero-order chi connectivity index (χ0) is 10.1. The highest BCUT2D eigenvalue weighted by atomic mass is 14.9. The molecular weight excluding hydrogens is 184 g/mol. The predicted octanol–water partition coefficient (Wildman–Crippen LogP) is 3.19. The van der Waals surface area contributed by atoms with Crippen LogP contribution in [0.5, 0.6) is 0 Å². The molecule has 0 amide bonds. The molecule has 1 aromatic carbocycles. The Bertz CT molecular complexity index is 568. The summed E-state index contributed by atoms with van der Waals surface area (Å²) in [6, 6.07) is 8.14. The fourth-order valence-corrected chi connectivity index (χ4v) is 1.79. The van der Waals surface area contributed by atoms with Crippen molar-refractivity contribution in [3.05, 3.63) is 54.4 Å². The van der Waals surface area contributed by atoms with Crippen molar-refractivity contribution in [2.24, 2.45) is 0 Å². The number of nitrogens with one attached hydrogen (secondary N) is 1. The normalized spacial score (nSPS) is 13.3. The van der Waals surface area contributed by atoms with Gasteiger partial charge in [-0.3, -0.25) is 4.98 Å². The summed E-state index contributed by atoms with van der Waals surface area (Å²) < 4.78 is 0. The Labute approximate surface area is 88.0 Å². The molecule has 0 fully saturated rings. The van der Waals surface area contributed by atoms with Crippen LogP contribution in [0.3, 0.4) is 0 Å². The third-order valence-electron chi connectivity index (χ3n) is 2.52. The zero-order valence-electron chi connectivity index (χ0n) is 8.14. The quantitative estimate of drug-likeness (QED) is 0.696. The first-order valence-electron chi connectivity index (χ1n) is 4.93. The maximum atomic E-state index is 4.42. The summed E-state index contributed by atoms with van der Waals surface area (Å²) >= 11 is 0. The number of rotatable bonds is 0. The van der Waals surface area contributed by atoms with Crippen molar-refractivity contribution in [3.8, 4) is 0 Å². The molecule has 1 aliphatic heterocycles. The Morgan fingerprint density at radius 3 is 3.00 bits per heavy atom. The van der Waals surface area contributed by atoms with Gasteiger partial charge in [0.1, 0.15) is 0 Å². The van der Waals surface area contributed by atoms with Gasteiger partial charge in [0.05, 0.1) is 11.2 Å². The second kappa shape index (κ2) is 3.24. The molecule has 15 heavy (non-hydrogen) atoms. The fourth-order valence-electron chi connectivity index (χ4n) is 1.79. The molecular formula is C13H10N2. The van der Waals surface area contributed by atoms with Gasteiger partial charge >= 0.3 is 0 Å². The Kier molecular flexibility index (Phi) is 1.78. The van der Waals surface area contributed by atoms with Crippen LogP contribution in [0.25, 0.3) is 17.0 Å². The third-order valence-corrected chi connectivity index (χ3v) is 2.52. The first kappa shape index (κ1) is 8.24. The van der Waals surface area contributed by atoms with Gasteiger partial charge in [-0.1, -0.05) is 30.4 Å². The highest BCUT2D eigenvalue weighted by Crippen LogP contribution is 2.27. The molecule has 0 saturated heterocycles. The molecule has 1 aliphatic rings. The average molecular weight is 194 g/mol. The van der Waals surface area contributed by atoms with E-state index in [0.717, 1.165) is 22.2 Å². The van der Waals surface area contributed by atoms with Crippen molar-refractivity contribution in [3.63, 3.8) is 0 Å². The smallest absolute Gasteiger partial charge is 0.0723 e. The average Bonchev–Trinajstić information content (AvgIpc) is 2.54. The largest absolute Gasteiger partial charge is 0.361 e. The Hall–Kier alpha value is -2.09. The van der Waals surface area contributed by atoms with Gasteiger partial charge in [0.2, 0.25) is 0 Å². The molecule has 0 atom stereocenters. The van der Waals surface area contributed by atoms with Crippen molar-refractivity contribution in [2.45, 2.75) is 0 Å². The first-order chi connectivity index (χ1) is 7.45. The van der Waals surface area contributed by atoms with Gasteiger partial charge in [0.15, 0.2) is 0 Å². The van der Waals surface area contributed by atoms with Crippen LogP contribution in [0.4, 0.5) is 5.69 Å². The molecule has 2 aromatic rings. The Morgan fingerprint density at radius 1 is 1.07 bits per heavy atom. The third kappa shape index (κ3) is 1.31. The lowest BCUT2D eigenvalue weighted by molar-refractivity contribution is 1.39. The van der Waals surface area contributed by atoms with Crippen molar-refractivity contribution < 1.29 is 0 Å². The van der Waals surface area contributed by atoms with Crippen molar-refractivity contribution >= 4 is 22.7 Å². The monoisotopic (exact) mass is 194 g/mol. The number of para-hydroxylation sites is 1. The van der Waals surface area contributed by atoms with Crippen LogP contribution >= 0.6 is 0 Å². The van der Waals surface area contributed by atoms with E-state index in [4.69, 9.17) is 0 Å². The van der Waals surface area contributed by atoms with Gasteiger partial charge in [-0.2, -0.15) is 0 Å². The van der Waals surface area contributed by atoms with Gasteiger partial charge in [-0.25, -0.2) is 0 Å². The lowest BCUT2D eigenvalue weighted by atomic mass is 10.1. The van der Waals surface area contributed by atoms with Crippen LogP contribution in [-0.4, -0.2) is 4.98 Å². The number of anilines is 1. The zero-order valence-corrected chi connectivity index (χ0v) is 8.14. The van der Waals surface area contributed by atoms with Crippen molar-refractivity contribution in [1.82, 2.24) is 4.98 Å². The van der Waals surface area contributed by atoms with Gasteiger partial charge in [0, 0.05) is 23.3 Å². The van der Waals surface area contributed by atoms with Crippen LogP contribution in [0, 0.1) is 0 Å². The summed E-state index contributed by atoms with van der Waals surface area (Å²) in [6.07, 6.45) is 9.89. The van der Waals surface area contributed by atoms with Gasteiger partial charge in [-0.15, -0.1) is 0 Å². The molecule has 0 saturated carbocycles. The van der Waals surface area contributed by atoms with E-state index in [0.29, 0.717) is 0 Å². The minimum atomic E-state index is 1.02. The van der Waals surface area contributed by atoms with E-state index in [9.17, 15) is 0 Å². The minimum Gasteiger partial charge on any atom is -0.361 e. The number of pyridine rings is 1. The van der Waals surface area contributed by atoms with E-state index < -0.39 is 0 Å². The van der Waals surface area contributed by atoms with E-state index in [2.05, 4.69) is 22.4 Å². The van der Waals surface area contributed by atoms with Crippen LogP contribution in [0.1, 0.15) is 5.56 Å². The predicted molar refractivity (Wildman–Crippen MR) is 63.5 cm³/mol. The summed E-state index contributed by atoms with van der Waals surface area (Å²) in [6.45, 7) is 0. The molecule has 1 N–H and O–H groups in total. The standard InChI is InChI=1S/C13H10N2/c1-2-7-12-11(6-1)13-10(9-15-12)5-3-4-8-14-13/h1-9,14H. The molecule has 0 radical (unpaired) electrons. The number of hydrogen-bond acceptors (Lipinski definition) is 2.